The maximum absolute atomic E-state index is 7.55. The molecular formula is C12H14N4OS2. The van der Waals surface area contributed by atoms with E-state index >= 15 is 0 Å². The molecule has 0 bridgehead atoms. The Balaban J connectivity index is 2.12. The first kappa shape index (κ1) is 13.8. The highest BCUT2D eigenvalue weighted by atomic mass is 32.2. The van der Waals surface area contributed by atoms with Gasteiger partial charge in [-0.1, -0.05) is 29.2 Å². The first-order valence-corrected chi connectivity index (χ1v) is 7.34. The molecule has 0 saturated carbocycles. The van der Waals surface area contributed by atoms with E-state index in [1.807, 2.05) is 25.1 Å². The van der Waals surface area contributed by atoms with Crippen LogP contribution in [0.1, 0.15) is 16.1 Å². The summed E-state index contributed by atoms with van der Waals surface area (Å²) in [7, 11) is 1.57. The van der Waals surface area contributed by atoms with Crippen LogP contribution in [0.4, 0.5) is 0 Å². The molecule has 0 aliphatic rings. The van der Waals surface area contributed by atoms with Crippen molar-refractivity contribution in [2.75, 3.05) is 7.11 Å². The summed E-state index contributed by atoms with van der Waals surface area (Å²) in [6.07, 6.45) is 0. The van der Waals surface area contributed by atoms with Crippen molar-refractivity contribution in [3.63, 3.8) is 0 Å². The average molecular weight is 294 g/mol. The van der Waals surface area contributed by atoms with Gasteiger partial charge in [0.05, 0.1) is 12.7 Å². The minimum absolute atomic E-state index is 0.00968. The molecule has 0 unspecified atom stereocenters. The van der Waals surface area contributed by atoms with Crippen molar-refractivity contribution in [1.29, 1.82) is 5.41 Å². The van der Waals surface area contributed by atoms with E-state index < -0.39 is 0 Å². The molecule has 0 fully saturated rings. The fraction of sp³-hybridized carbons (Fsp3) is 0.250. The zero-order chi connectivity index (χ0) is 13.8. The molecule has 19 heavy (non-hydrogen) atoms. The third-order valence-corrected chi connectivity index (χ3v) is 4.47. The molecule has 0 aliphatic heterocycles. The fourth-order valence-electron chi connectivity index (χ4n) is 1.54. The lowest BCUT2D eigenvalue weighted by molar-refractivity contribution is 0.413. The number of amidine groups is 1. The second-order valence-electron chi connectivity index (χ2n) is 3.82. The highest BCUT2D eigenvalue weighted by molar-refractivity contribution is 8.00. The van der Waals surface area contributed by atoms with Gasteiger partial charge in [-0.3, -0.25) is 5.41 Å². The number of aryl methyl sites for hydroxylation is 1. The number of nitrogen functional groups attached to an aromatic ring is 1. The third-order valence-electron chi connectivity index (χ3n) is 2.42. The van der Waals surface area contributed by atoms with Crippen LogP contribution >= 0.6 is 23.1 Å². The van der Waals surface area contributed by atoms with Crippen LogP contribution in [0.25, 0.3) is 0 Å². The molecule has 0 saturated heterocycles. The van der Waals surface area contributed by atoms with Crippen molar-refractivity contribution in [3.8, 4) is 5.75 Å². The quantitative estimate of drug-likeness (QED) is 0.502. The van der Waals surface area contributed by atoms with Gasteiger partial charge in [0.1, 0.15) is 16.6 Å². The molecule has 0 spiro atoms. The smallest absolute Gasteiger partial charge is 0.174 e. The molecular weight excluding hydrogens is 280 g/mol. The van der Waals surface area contributed by atoms with Crippen molar-refractivity contribution >= 4 is 28.9 Å². The SMILES string of the molecule is COc1ccc(CSc2nnc(C)s2)cc1C(=N)N. The number of hydrogen-bond donors (Lipinski definition) is 2. The molecule has 3 N–H and O–H groups in total. The molecule has 1 aromatic heterocycles. The average Bonchev–Trinajstić information content (AvgIpc) is 2.81. The third kappa shape index (κ3) is 3.45. The van der Waals surface area contributed by atoms with Crippen LogP contribution in [0.2, 0.25) is 0 Å². The molecule has 2 aromatic rings. The Labute approximate surface area is 119 Å². The van der Waals surface area contributed by atoms with Gasteiger partial charge in [-0.15, -0.1) is 10.2 Å². The van der Waals surface area contributed by atoms with Gasteiger partial charge < -0.3 is 10.5 Å². The minimum atomic E-state index is 0.00968. The highest BCUT2D eigenvalue weighted by Crippen LogP contribution is 2.27. The normalized spacial score (nSPS) is 10.4. The molecule has 0 radical (unpaired) electrons. The van der Waals surface area contributed by atoms with E-state index in [9.17, 15) is 0 Å². The van der Waals surface area contributed by atoms with Gasteiger partial charge in [0.15, 0.2) is 4.34 Å². The molecule has 2 rings (SSSR count). The standard InChI is InChI=1S/C12H14N4OS2/c1-7-15-16-12(19-7)18-6-8-3-4-10(17-2)9(5-8)11(13)14/h3-5H,6H2,1-2H3,(H3,13,14). The van der Waals surface area contributed by atoms with Crippen LogP contribution in [0, 0.1) is 12.3 Å². The van der Waals surface area contributed by atoms with Crippen LogP contribution in [-0.4, -0.2) is 23.1 Å². The highest BCUT2D eigenvalue weighted by Gasteiger charge is 2.08. The molecule has 1 aromatic carbocycles. The molecule has 5 nitrogen and oxygen atoms in total. The Morgan fingerprint density at radius 3 is 2.84 bits per heavy atom. The van der Waals surface area contributed by atoms with E-state index in [0.717, 1.165) is 20.7 Å². The van der Waals surface area contributed by atoms with E-state index in [2.05, 4.69) is 10.2 Å². The number of thioether (sulfide) groups is 1. The fourth-order valence-corrected chi connectivity index (χ4v) is 3.30. The molecule has 100 valence electrons. The number of methoxy groups -OCH3 is 1. The molecule has 0 amide bonds. The Morgan fingerprint density at radius 2 is 2.26 bits per heavy atom. The van der Waals surface area contributed by atoms with E-state index in [0.29, 0.717) is 11.3 Å². The van der Waals surface area contributed by atoms with Gasteiger partial charge in [-0.05, 0) is 24.6 Å². The molecule has 0 atom stereocenters. The lowest BCUT2D eigenvalue weighted by atomic mass is 10.1. The summed E-state index contributed by atoms with van der Waals surface area (Å²) in [6.45, 7) is 1.93. The van der Waals surface area contributed by atoms with Crippen LogP contribution in [0.5, 0.6) is 5.75 Å². The first-order valence-electron chi connectivity index (χ1n) is 5.54. The van der Waals surface area contributed by atoms with Crippen molar-refractivity contribution in [2.24, 2.45) is 5.73 Å². The van der Waals surface area contributed by atoms with Crippen molar-refractivity contribution < 1.29 is 4.74 Å². The van der Waals surface area contributed by atoms with Gasteiger partial charge in [0, 0.05) is 5.75 Å². The number of hydrogen-bond acceptors (Lipinski definition) is 6. The number of rotatable bonds is 5. The van der Waals surface area contributed by atoms with E-state index in [4.69, 9.17) is 15.9 Å². The van der Waals surface area contributed by atoms with Crippen molar-refractivity contribution in [3.05, 3.63) is 34.3 Å². The minimum Gasteiger partial charge on any atom is -0.496 e. The zero-order valence-corrected chi connectivity index (χ0v) is 12.3. The van der Waals surface area contributed by atoms with Gasteiger partial charge in [-0.25, -0.2) is 0 Å². The lowest BCUT2D eigenvalue weighted by Gasteiger charge is -2.08. The predicted octanol–water partition coefficient (Wildman–Crippen LogP) is 2.43. The van der Waals surface area contributed by atoms with Crippen LogP contribution < -0.4 is 10.5 Å². The zero-order valence-electron chi connectivity index (χ0n) is 10.6. The molecule has 1 heterocycles. The number of nitrogens with zero attached hydrogens (tertiary/aromatic N) is 2. The molecule has 0 aliphatic carbocycles. The summed E-state index contributed by atoms with van der Waals surface area (Å²) < 4.78 is 6.12. The van der Waals surface area contributed by atoms with Crippen molar-refractivity contribution in [2.45, 2.75) is 17.0 Å². The Kier molecular flexibility index (Phi) is 4.39. The summed E-state index contributed by atoms with van der Waals surface area (Å²) in [5.41, 5.74) is 7.24. The Morgan fingerprint density at radius 1 is 1.47 bits per heavy atom. The van der Waals surface area contributed by atoms with E-state index in [1.165, 1.54) is 0 Å². The Hall–Kier alpha value is -1.60. The Bertz CT molecular complexity index is 597. The number of nitrogens with two attached hydrogens (primary N) is 1. The summed E-state index contributed by atoms with van der Waals surface area (Å²) in [5, 5.41) is 16.5. The van der Waals surface area contributed by atoms with Crippen LogP contribution in [-0.2, 0) is 5.75 Å². The number of ether oxygens (including phenoxy) is 1. The van der Waals surface area contributed by atoms with Gasteiger partial charge in [0.25, 0.3) is 0 Å². The number of nitrogens with one attached hydrogen (secondary N) is 1. The first-order chi connectivity index (χ1) is 9.10. The number of aromatic nitrogens is 2. The maximum atomic E-state index is 7.55. The van der Waals surface area contributed by atoms with E-state index in [-0.39, 0.29) is 5.84 Å². The second kappa shape index (κ2) is 6.03. The van der Waals surface area contributed by atoms with E-state index in [1.54, 1.807) is 30.2 Å². The predicted molar refractivity (Wildman–Crippen MR) is 78.2 cm³/mol. The largest absolute Gasteiger partial charge is 0.496 e. The summed E-state index contributed by atoms with van der Waals surface area (Å²) in [4.78, 5) is 0. The monoisotopic (exact) mass is 294 g/mol. The van der Waals surface area contributed by atoms with Crippen molar-refractivity contribution in [1.82, 2.24) is 10.2 Å². The summed E-state index contributed by atoms with van der Waals surface area (Å²) in [5.74, 6) is 1.39. The second-order valence-corrected chi connectivity index (χ2v) is 6.23. The van der Waals surface area contributed by atoms with Gasteiger partial charge in [0.2, 0.25) is 0 Å². The van der Waals surface area contributed by atoms with Crippen LogP contribution in [0.3, 0.4) is 0 Å². The maximum Gasteiger partial charge on any atom is 0.174 e. The topological polar surface area (TPSA) is 84.9 Å². The lowest BCUT2D eigenvalue weighted by Crippen LogP contribution is -2.12. The van der Waals surface area contributed by atoms with Gasteiger partial charge in [-0.2, -0.15) is 0 Å². The summed E-state index contributed by atoms with van der Waals surface area (Å²) in [6, 6.07) is 5.67. The number of benzene rings is 1. The molecule has 7 heteroatoms. The summed E-state index contributed by atoms with van der Waals surface area (Å²) >= 11 is 3.20. The van der Waals surface area contributed by atoms with Crippen LogP contribution in [0.15, 0.2) is 22.5 Å². The van der Waals surface area contributed by atoms with Gasteiger partial charge >= 0.3 is 0 Å².